The summed E-state index contributed by atoms with van der Waals surface area (Å²) in [6.45, 7) is 0.208. The summed E-state index contributed by atoms with van der Waals surface area (Å²) in [7, 11) is 1.41. The Bertz CT molecular complexity index is 1510. The molecule has 1 N–H and O–H groups in total. The van der Waals surface area contributed by atoms with E-state index in [0.717, 1.165) is 11.6 Å². The van der Waals surface area contributed by atoms with Crippen LogP contribution in [0.2, 0.25) is 10.0 Å². The highest BCUT2D eigenvalue weighted by Crippen LogP contribution is 2.38. The first-order valence-electron chi connectivity index (χ1n) is 10.9. The van der Waals surface area contributed by atoms with Crippen LogP contribution in [-0.2, 0) is 22.4 Å². The summed E-state index contributed by atoms with van der Waals surface area (Å²) in [4.78, 5) is 38.7. The van der Waals surface area contributed by atoms with Gasteiger partial charge in [-0.15, -0.1) is 0 Å². The maximum absolute atomic E-state index is 13.3. The summed E-state index contributed by atoms with van der Waals surface area (Å²) < 4.78 is 51.7. The number of urea groups is 1. The minimum atomic E-state index is -4.76. The van der Waals surface area contributed by atoms with Crippen LogP contribution in [0.5, 0.6) is 11.5 Å². The molecule has 0 unspecified atom stereocenters. The van der Waals surface area contributed by atoms with Crippen molar-refractivity contribution >= 4 is 75.4 Å². The number of carbonyl (C=O) groups is 3. The standard InChI is InChI=1S/C26H16Cl2F3IN2O5/c1-38-21-10-14(9-19(32)22(21)39-12-13-2-5-16(27)6-3-13)8-17-23(35)33-25(37)34(24(17)36)20-11-15(26(29,30)31)4-7-18(20)28/h2-11H,12H2,1H3,(H,33,35,37)/b17-8+. The second-order valence-electron chi connectivity index (χ2n) is 8.07. The van der Waals surface area contributed by atoms with Crippen LogP contribution in [0.1, 0.15) is 16.7 Å². The van der Waals surface area contributed by atoms with Crippen LogP contribution >= 0.6 is 45.8 Å². The highest BCUT2D eigenvalue weighted by molar-refractivity contribution is 14.1. The molecule has 7 nitrogen and oxygen atoms in total. The first kappa shape index (κ1) is 28.7. The molecule has 1 aliphatic heterocycles. The number of rotatable bonds is 6. The molecular formula is C26H16Cl2F3IN2O5. The third-order valence-corrected chi connectivity index (χ3v) is 6.85. The van der Waals surface area contributed by atoms with Crippen molar-refractivity contribution in [2.75, 3.05) is 12.0 Å². The molecule has 1 aliphatic rings. The van der Waals surface area contributed by atoms with Gasteiger partial charge in [0.05, 0.1) is 27.0 Å². The molecule has 3 aromatic carbocycles. The van der Waals surface area contributed by atoms with Crippen LogP contribution in [0.15, 0.2) is 60.2 Å². The SMILES string of the molecule is COc1cc(/C=C2\C(=O)NC(=O)N(c3cc(C(F)(F)F)ccc3Cl)C2=O)cc(I)c1OCc1ccc(Cl)cc1. The summed E-state index contributed by atoms with van der Waals surface area (Å²) >= 11 is 13.9. The zero-order chi connectivity index (χ0) is 28.5. The first-order chi connectivity index (χ1) is 18.4. The lowest BCUT2D eigenvalue weighted by Gasteiger charge is -2.27. The number of imide groups is 2. The Kier molecular flexibility index (Phi) is 8.42. The Labute approximate surface area is 243 Å². The lowest BCUT2D eigenvalue weighted by atomic mass is 10.1. The lowest BCUT2D eigenvalue weighted by Crippen LogP contribution is -2.54. The number of anilines is 1. The zero-order valence-corrected chi connectivity index (χ0v) is 23.4. The Morgan fingerprint density at radius 2 is 1.72 bits per heavy atom. The number of methoxy groups -OCH3 is 1. The fourth-order valence-electron chi connectivity index (χ4n) is 3.60. The Balaban J connectivity index is 1.67. The van der Waals surface area contributed by atoms with Crippen molar-refractivity contribution in [2.24, 2.45) is 0 Å². The molecule has 202 valence electrons. The molecule has 0 aromatic heterocycles. The van der Waals surface area contributed by atoms with Crippen LogP contribution in [0.4, 0.5) is 23.7 Å². The van der Waals surface area contributed by atoms with E-state index < -0.39 is 40.8 Å². The average molecular weight is 691 g/mol. The molecule has 39 heavy (non-hydrogen) atoms. The van der Waals surface area contributed by atoms with E-state index in [-0.39, 0.29) is 11.6 Å². The topological polar surface area (TPSA) is 84.9 Å². The molecule has 0 aliphatic carbocycles. The highest BCUT2D eigenvalue weighted by atomic mass is 127. The number of hydrogen-bond donors (Lipinski definition) is 1. The number of barbiturate groups is 1. The summed E-state index contributed by atoms with van der Waals surface area (Å²) in [5, 5.41) is 2.25. The number of ether oxygens (including phenoxy) is 2. The van der Waals surface area contributed by atoms with Gasteiger partial charge in [-0.25, -0.2) is 9.69 Å². The molecule has 0 radical (unpaired) electrons. The highest BCUT2D eigenvalue weighted by Gasteiger charge is 2.39. The monoisotopic (exact) mass is 690 g/mol. The number of nitrogens with zero attached hydrogens (tertiary/aromatic N) is 1. The van der Waals surface area contributed by atoms with Crippen molar-refractivity contribution in [3.63, 3.8) is 0 Å². The molecule has 0 atom stereocenters. The Hall–Kier alpha value is -3.29. The molecule has 1 heterocycles. The van der Waals surface area contributed by atoms with Crippen molar-refractivity contribution in [2.45, 2.75) is 12.8 Å². The molecule has 1 saturated heterocycles. The van der Waals surface area contributed by atoms with Gasteiger partial charge < -0.3 is 9.47 Å². The fourth-order valence-corrected chi connectivity index (χ4v) is 4.71. The van der Waals surface area contributed by atoms with E-state index in [1.165, 1.54) is 19.3 Å². The molecule has 0 spiro atoms. The van der Waals surface area contributed by atoms with Crippen molar-refractivity contribution in [1.29, 1.82) is 0 Å². The number of amides is 4. The molecule has 4 rings (SSSR count). The van der Waals surface area contributed by atoms with Crippen LogP contribution in [-0.4, -0.2) is 25.0 Å². The predicted octanol–water partition coefficient (Wildman–Crippen LogP) is 6.87. The molecule has 3 aromatic rings. The second kappa shape index (κ2) is 11.4. The number of nitrogens with one attached hydrogen (secondary N) is 1. The van der Waals surface area contributed by atoms with E-state index >= 15 is 0 Å². The maximum Gasteiger partial charge on any atom is 0.416 e. The number of alkyl halides is 3. The third kappa shape index (κ3) is 6.31. The van der Waals surface area contributed by atoms with Crippen LogP contribution in [0.25, 0.3) is 6.08 Å². The molecular weight excluding hydrogens is 675 g/mol. The lowest BCUT2D eigenvalue weighted by molar-refractivity contribution is -0.137. The van der Waals surface area contributed by atoms with E-state index in [0.29, 0.717) is 42.7 Å². The minimum Gasteiger partial charge on any atom is -0.493 e. The van der Waals surface area contributed by atoms with Gasteiger partial charge in [0.25, 0.3) is 11.8 Å². The van der Waals surface area contributed by atoms with Crippen LogP contribution in [0.3, 0.4) is 0 Å². The van der Waals surface area contributed by atoms with Gasteiger partial charge in [-0.1, -0.05) is 35.3 Å². The van der Waals surface area contributed by atoms with E-state index in [4.69, 9.17) is 32.7 Å². The molecule has 4 amide bonds. The van der Waals surface area contributed by atoms with E-state index in [2.05, 4.69) is 0 Å². The van der Waals surface area contributed by atoms with Gasteiger partial charge in [0.1, 0.15) is 12.2 Å². The minimum absolute atomic E-state index is 0.208. The van der Waals surface area contributed by atoms with Gasteiger partial charge in [0.15, 0.2) is 11.5 Å². The summed E-state index contributed by atoms with van der Waals surface area (Å²) in [5.41, 5.74) is -0.969. The van der Waals surface area contributed by atoms with Crippen molar-refractivity contribution < 1.29 is 37.0 Å². The number of halogens is 6. The van der Waals surface area contributed by atoms with E-state index in [1.54, 1.807) is 30.3 Å². The number of benzene rings is 3. The smallest absolute Gasteiger partial charge is 0.416 e. The van der Waals surface area contributed by atoms with Gasteiger partial charge in [0, 0.05) is 5.02 Å². The summed E-state index contributed by atoms with van der Waals surface area (Å²) in [6.07, 6.45) is -3.57. The zero-order valence-electron chi connectivity index (χ0n) is 19.7. The Morgan fingerprint density at radius 3 is 2.36 bits per heavy atom. The van der Waals surface area contributed by atoms with Gasteiger partial charge >= 0.3 is 12.2 Å². The molecule has 0 bridgehead atoms. The predicted molar refractivity (Wildman–Crippen MR) is 147 cm³/mol. The maximum atomic E-state index is 13.3. The number of carbonyl (C=O) groups excluding carboxylic acids is 3. The molecule has 13 heteroatoms. The van der Waals surface area contributed by atoms with Crippen molar-refractivity contribution in [3.8, 4) is 11.5 Å². The van der Waals surface area contributed by atoms with Crippen molar-refractivity contribution in [3.05, 3.63) is 90.5 Å². The van der Waals surface area contributed by atoms with Gasteiger partial charge in [-0.05, 0) is 82.3 Å². The summed E-state index contributed by atoms with van der Waals surface area (Å²) in [5.74, 6) is -1.48. The normalized spacial score (nSPS) is 15.0. The first-order valence-corrected chi connectivity index (χ1v) is 12.8. The van der Waals surface area contributed by atoms with Gasteiger partial charge in [-0.3, -0.25) is 14.9 Å². The Morgan fingerprint density at radius 1 is 1.03 bits per heavy atom. The largest absolute Gasteiger partial charge is 0.493 e. The summed E-state index contributed by atoms with van der Waals surface area (Å²) in [6, 6.07) is 11.1. The molecule has 1 fully saturated rings. The van der Waals surface area contributed by atoms with Gasteiger partial charge in [-0.2, -0.15) is 13.2 Å². The van der Waals surface area contributed by atoms with Crippen molar-refractivity contribution in [1.82, 2.24) is 5.32 Å². The molecule has 0 saturated carbocycles. The van der Waals surface area contributed by atoms with E-state index in [1.807, 2.05) is 27.9 Å². The van der Waals surface area contributed by atoms with Crippen LogP contribution in [0, 0.1) is 3.57 Å². The average Bonchev–Trinajstić information content (AvgIpc) is 2.87. The van der Waals surface area contributed by atoms with Crippen LogP contribution < -0.4 is 19.7 Å². The number of hydrogen-bond acceptors (Lipinski definition) is 5. The van der Waals surface area contributed by atoms with Gasteiger partial charge in [0.2, 0.25) is 0 Å². The second-order valence-corrected chi connectivity index (χ2v) is 10.1. The third-order valence-electron chi connectivity index (χ3n) is 5.48. The fraction of sp³-hybridized carbons (Fsp3) is 0.115. The quantitative estimate of drug-likeness (QED) is 0.173. The van der Waals surface area contributed by atoms with E-state index in [9.17, 15) is 27.6 Å².